The molecule has 0 aliphatic carbocycles. The van der Waals surface area contributed by atoms with Crippen molar-refractivity contribution in [1.29, 1.82) is 0 Å². The van der Waals surface area contributed by atoms with Crippen molar-refractivity contribution in [3.63, 3.8) is 0 Å². The Morgan fingerprint density at radius 2 is 1.65 bits per heavy atom. The maximum atomic E-state index is 14.8. The number of rotatable bonds is 9. The maximum absolute atomic E-state index is 14.8. The second kappa shape index (κ2) is 11.1. The highest BCUT2D eigenvalue weighted by Crippen LogP contribution is 2.37. The molecule has 0 aliphatic heterocycles. The molecule has 34 heavy (non-hydrogen) atoms. The summed E-state index contributed by atoms with van der Waals surface area (Å²) < 4.78 is 26.2. The second-order valence-corrected chi connectivity index (χ2v) is 9.37. The topological polar surface area (TPSA) is 35.5 Å². The summed E-state index contributed by atoms with van der Waals surface area (Å²) in [5.41, 5.74) is 4.26. The molecule has 0 radical (unpaired) electrons. The van der Waals surface area contributed by atoms with Crippen LogP contribution in [0.4, 0.5) is 4.39 Å². The predicted molar refractivity (Wildman–Crippen MR) is 136 cm³/mol. The minimum atomic E-state index is -0.286. The van der Waals surface area contributed by atoms with Gasteiger partial charge in [0, 0.05) is 17.9 Å². The summed E-state index contributed by atoms with van der Waals surface area (Å²) in [4.78, 5) is 11.0. The molecule has 0 aromatic heterocycles. The fourth-order valence-electron chi connectivity index (χ4n) is 4.04. The average molecular weight is 461 g/mol. The number of carbonyl (C=O) groups is 1. The normalized spacial score (nSPS) is 12.5. The van der Waals surface area contributed by atoms with E-state index in [0.717, 1.165) is 34.3 Å². The summed E-state index contributed by atoms with van der Waals surface area (Å²) in [6.07, 6.45) is 5.39. The van der Waals surface area contributed by atoms with Crippen molar-refractivity contribution in [1.82, 2.24) is 0 Å². The first-order valence-electron chi connectivity index (χ1n) is 11.5. The Bertz CT molecular complexity index is 1140. The fourth-order valence-corrected chi connectivity index (χ4v) is 4.04. The summed E-state index contributed by atoms with van der Waals surface area (Å²) >= 11 is 0. The lowest BCUT2D eigenvalue weighted by atomic mass is 9.81. The van der Waals surface area contributed by atoms with Crippen molar-refractivity contribution in [2.24, 2.45) is 0 Å². The Kier molecular flexibility index (Phi) is 8.27. The van der Waals surface area contributed by atoms with Crippen molar-refractivity contribution in [3.05, 3.63) is 95.3 Å². The van der Waals surface area contributed by atoms with Crippen molar-refractivity contribution < 1.29 is 18.7 Å². The molecule has 0 aliphatic rings. The first-order valence-corrected chi connectivity index (χ1v) is 11.5. The molecule has 3 nitrogen and oxygen atoms in total. The number of hydrogen-bond donors (Lipinski definition) is 0. The lowest BCUT2D eigenvalue weighted by Gasteiger charge is -2.24. The van der Waals surface area contributed by atoms with Crippen molar-refractivity contribution in [2.75, 3.05) is 7.11 Å². The molecular formula is C30H33FO3. The zero-order valence-electron chi connectivity index (χ0n) is 20.6. The van der Waals surface area contributed by atoms with Gasteiger partial charge in [-0.25, -0.2) is 4.39 Å². The summed E-state index contributed by atoms with van der Waals surface area (Å²) in [6, 6.07) is 18.7. The van der Waals surface area contributed by atoms with Crippen LogP contribution in [-0.4, -0.2) is 13.4 Å². The van der Waals surface area contributed by atoms with Gasteiger partial charge in [0.15, 0.2) is 0 Å². The third-order valence-corrected chi connectivity index (χ3v) is 5.84. The van der Waals surface area contributed by atoms with E-state index in [1.165, 1.54) is 6.07 Å². The molecule has 3 rings (SSSR count). The van der Waals surface area contributed by atoms with Crippen LogP contribution in [0, 0.1) is 5.82 Å². The summed E-state index contributed by atoms with van der Waals surface area (Å²) in [6.45, 7) is 8.66. The largest absolute Gasteiger partial charge is 0.497 e. The Balaban J connectivity index is 1.86. The lowest BCUT2D eigenvalue weighted by molar-refractivity contribution is -0.108. The van der Waals surface area contributed by atoms with Gasteiger partial charge in [-0.05, 0) is 71.0 Å². The third-order valence-electron chi connectivity index (χ3n) is 5.84. The minimum Gasteiger partial charge on any atom is -0.497 e. The molecule has 0 fully saturated rings. The Morgan fingerprint density at radius 1 is 0.941 bits per heavy atom. The van der Waals surface area contributed by atoms with Crippen LogP contribution >= 0.6 is 0 Å². The third kappa shape index (κ3) is 6.13. The fraction of sp³-hybridized carbons (Fsp3) is 0.300. The Morgan fingerprint density at radius 3 is 2.26 bits per heavy atom. The number of aldehydes is 1. The second-order valence-electron chi connectivity index (χ2n) is 9.37. The molecule has 3 aromatic carbocycles. The van der Waals surface area contributed by atoms with Gasteiger partial charge in [-0.1, -0.05) is 57.2 Å². The number of allylic oxidation sites excluding steroid dienone is 2. The van der Waals surface area contributed by atoms with E-state index in [2.05, 4.69) is 26.8 Å². The molecule has 0 saturated heterocycles. The van der Waals surface area contributed by atoms with Crippen LogP contribution in [0.15, 0.2) is 72.8 Å². The van der Waals surface area contributed by atoms with Crippen molar-refractivity contribution in [2.45, 2.75) is 52.1 Å². The minimum absolute atomic E-state index is 0.0711. The Labute approximate surface area is 202 Å². The lowest BCUT2D eigenvalue weighted by Crippen LogP contribution is -2.13. The first kappa shape index (κ1) is 25.2. The van der Waals surface area contributed by atoms with Gasteiger partial charge in [0.1, 0.15) is 30.2 Å². The highest BCUT2D eigenvalue weighted by atomic mass is 19.1. The van der Waals surface area contributed by atoms with Crippen LogP contribution in [0.1, 0.15) is 56.7 Å². The zero-order chi connectivity index (χ0) is 24.7. The molecule has 0 unspecified atom stereocenters. The van der Waals surface area contributed by atoms with E-state index in [1.807, 2.05) is 55.5 Å². The molecular weight excluding hydrogens is 427 g/mol. The molecule has 4 heteroatoms. The van der Waals surface area contributed by atoms with Gasteiger partial charge < -0.3 is 14.3 Å². The van der Waals surface area contributed by atoms with Gasteiger partial charge in [-0.3, -0.25) is 0 Å². The summed E-state index contributed by atoms with van der Waals surface area (Å²) in [5, 5.41) is 0. The van der Waals surface area contributed by atoms with Gasteiger partial charge in [-0.2, -0.15) is 0 Å². The smallest absolute Gasteiger partial charge is 0.131 e. The van der Waals surface area contributed by atoms with Crippen molar-refractivity contribution in [3.8, 4) is 22.6 Å². The standard InChI is InChI=1S/C30H33FO3/c1-6-7-22(16-17-32)23-9-11-24(12-10-23)34-20-21-8-14-28(30(2,3)4)26(18-21)27-19-25(33-5)13-15-29(27)31/h6-15,17-19,22H,16,20H2,1-5H3/b7-6-/t22-/m1/s1. The van der Waals surface area contributed by atoms with Crippen LogP contribution in [0.5, 0.6) is 11.5 Å². The molecule has 1 atom stereocenters. The van der Waals surface area contributed by atoms with Gasteiger partial charge >= 0.3 is 0 Å². The average Bonchev–Trinajstić information content (AvgIpc) is 2.82. The number of carbonyl (C=O) groups excluding carboxylic acids is 1. The van der Waals surface area contributed by atoms with Crippen LogP contribution in [0.25, 0.3) is 11.1 Å². The highest BCUT2D eigenvalue weighted by molar-refractivity contribution is 5.71. The van der Waals surface area contributed by atoms with E-state index >= 15 is 0 Å². The molecule has 178 valence electrons. The number of methoxy groups -OCH3 is 1. The van der Waals surface area contributed by atoms with Gasteiger partial charge in [-0.15, -0.1) is 0 Å². The number of benzene rings is 3. The number of halogens is 1. The van der Waals surface area contributed by atoms with Gasteiger partial charge in [0.25, 0.3) is 0 Å². The first-order chi connectivity index (χ1) is 16.3. The molecule has 0 spiro atoms. The molecule has 0 bridgehead atoms. The van der Waals surface area contributed by atoms with E-state index in [1.54, 1.807) is 19.2 Å². The van der Waals surface area contributed by atoms with Crippen LogP contribution in [-0.2, 0) is 16.8 Å². The van der Waals surface area contributed by atoms with E-state index in [0.29, 0.717) is 24.3 Å². The van der Waals surface area contributed by atoms with E-state index in [4.69, 9.17) is 9.47 Å². The number of hydrogen-bond acceptors (Lipinski definition) is 3. The summed E-state index contributed by atoms with van der Waals surface area (Å²) in [5.74, 6) is 1.14. The highest BCUT2D eigenvalue weighted by Gasteiger charge is 2.21. The van der Waals surface area contributed by atoms with E-state index < -0.39 is 0 Å². The number of ether oxygens (including phenoxy) is 2. The van der Waals surface area contributed by atoms with Gasteiger partial charge in [0.05, 0.1) is 7.11 Å². The van der Waals surface area contributed by atoms with E-state index in [9.17, 15) is 9.18 Å². The van der Waals surface area contributed by atoms with E-state index in [-0.39, 0.29) is 17.2 Å². The van der Waals surface area contributed by atoms with Crippen molar-refractivity contribution >= 4 is 6.29 Å². The zero-order valence-corrected chi connectivity index (χ0v) is 20.6. The Hall–Kier alpha value is -3.40. The molecule has 0 heterocycles. The quantitative estimate of drug-likeness (QED) is 0.243. The predicted octanol–water partition coefficient (Wildman–Crippen LogP) is 7.63. The van der Waals surface area contributed by atoms with Gasteiger partial charge in [0.2, 0.25) is 0 Å². The SMILES string of the molecule is C/C=C\[C@H](CC=O)c1ccc(OCc2ccc(C(C)(C)C)c(-c3cc(OC)ccc3F)c2)cc1. The monoisotopic (exact) mass is 460 g/mol. The van der Waals surface area contributed by atoms with Crippen LogP contribution in [0.2, 0.25) is 0 Å². The van der Waals surface area contributed by atoms with Crippen LogP contribution in [0.3, 0.4) is 0 Å². The van der Waals surface area contributed by atoms with Crippen LogP contribution < -0.4 is 9.47 Å². The summed E-state index contributed by atoms with van der Waals surface area (Å²) in [7, 11) is 1.58. The molecule has 0 N–H and O–H groups in total. The maximum Gasteiger partial charge on any atom is 0.131 e. The molecule has 3 aromatic rings. The molecule has 0 amide bonds. The molecule has 0 saturated carbocycles.